The SMILES string of the molecule is C=C(N)NC=O. The molecule has 6 heavy (non-hydrogen) atoms. The highest BCUT2D eigenvalue weighted by Crippen LogP contribution is 1.54. The average Bonchev–Trinajstić information content (AvgIpc) is 1.35. The van der Waals surface area contributed by atoms with Gasteiger partial charge in [0, 0.05) is 0 Å². The molecule has 0 aliphatic rings. The van der Waals surface area contributed by atoms with Crippen molar-refractivity contribution in [3.05, 3.63) is 12.4 Å². The first kappa shape index (κ1) is 5.01. The first-order chi connectivity index (χ1) is 2.77. The minimum Gasteiger partial charge on any atom is -0.386 e. The largest absolute Gasteiger partial charge is 0.386 e. The van der Waals surface area contributed by atoms with E-state index in [0.29, 0.717) is 6.41 Å². The Morgan fingerprint density at radius 2 is 2.50 bits per heavy atom. The standard InChI is InChI=1S/C3H6N2O/c1-3(4)5-2-6/h2H,1,4H2,(H,5,6). The van der Waals surface area contributed by atoms with Gasteiger partial charge in [-0.05, 0) is 0 Å². The molecule has 0 heterocycles. The fraction of sp³-hybridized carbons (Fsp3) is 0. The Hall–Kier alpha value is -0.990. The molecule has 0 radical (unpaired) electrons. The Bertz CT molecular complexity index is 69.2. The van der Waals surface area contributed by atoms with Crippen LogP contribution < -0.4 is 11.1 Å². The summed E-state index contributed by atoms with van der Waals surface area (Å²) in [4.78, 5) is 9.36. The summed E-state index contributed by atoms with van der Waals surface area (Å²) in [5.74, 6) is 0.171. The van der Waals surface area contributed by atoms with E-state index < -0.39 is 0 Å². The van der Waals surface area contributed by atoms with Crippen LogP contribution in [-0.4, -0.2) is 6.41 Å². The predicted molar refractivity (Wildman–Crippen MR) is 22.5 cm³/mol. The molecule has 0 aromatic carbocycles. The molecule has 0 spiro atoms. The van der Waals surface area contributed by atoms with Crippen molar-refractivity contribution >= 4 is 6.41 Å². The zero-order valence-corrected chi connectivity index (χ0v) is 3.27. The first-order valence-electron chi connectivity index (χ1n) is 1.42. The van der Waals surface area contributed by atoms with Crippen molar-refractivity contribution in [2.24, 2.45) is 5.73 Å². The van der Waals surface area contributed by atoms with E-state index in [-0.39, 0.29) is 5.82 Å². The second kappa shape index (κ2) is 2.26. The van der Waals surface area contributed by atoms with E-state index in [1.807, 2.05) is 0 Å². The predicted octanol–water partition coefficient (Wildman–Crippen LogP) is -0.838. The number of carbonyl (C=O) groups is 1. The van der Waals surface area contributed by atoms with Gasteiger partial charge < -0.3 is 11.1 Å². The van der Waals surface area contributed by atoms with Crippen molar-refractivity contribution in [2.75, 3.05) is 0 Å². The monoisotopic (exact) mass is 86.0 g/mol. The van der Waals surface area contributed by atoms with Crippen molar-refractivity contribution in [1.82, 2.24) is 5.32 Å². The molecule has 34 valence electrons. The van der Waals surface area contributed by atoms with Crippen LogP contribution in [0.5, 0.6) is 0 Å². The minimum atomic E-state index is 0.171. The van der Waals surface area contributed by atoms with Gasteiger partial charge in [0.25, 0.3) is 0 Å². The highest BCUT2D eigenvalue weighted by atomic mass is 16.1. The van der Waals surface area contributed by atoms with Crippen molar-refractivity contribution in [3.8, 4) is 0 Å². The van der Waals surface area contributed by atoms with Crippen molar-refractivity contribution in [1.29, 1.82) is 0 Å². The maximum atomic E-state index is 9.36. The van der Waals surface area contributed by atoms with E-state index in [0.717, 1.165) is 0 Å². The fourth-order valence-electron chi connectivity index (χ4n) is 0.0757. The fourth-order valence-corrected chi connectivity index (χ4v) is 0.0757. The minimum absolute atomic E-state index is 0.171. The molecule has 0 aliphatic heterocycles. The molecule has 3 heteroatoms. The van der Waals surface area contributed by atoms with Crippen LogP contribution in [0.2, 0.25) is 0 Å². The number of hydrogen-bond donors (Lipinski definition) is 2. The van der Waals surface area contributed by atoms with Gasteiger partial charge in [0.1, 0.15) is 0 Å². The number of amides is 1. The molecule has 0 bridgehead atoms. The number of hydrogen-bond acceptors (Lipinski definition) is 2. The van der Waals surface area contributed by atoms with Crippen molar-refractivity contribution in [3.63, 3.8) is 0 Å². The van der Waals surface area contributed by atoms with E-state index in [1.165, 1.54) is 0 Å². The Kier molecular flexibility index (Phi) is 1.89. The Morgan fingerprint density at radius 1 is 2.00 bits per heavy atom. The van der Waals surface area contributed by atoms with Crippen molar-refractivity contribution in [2.45, 2.75) is 0 Å². The Labute approximate surface area is 35.8 Å². The van der Waals surface area contributed by atoms with Crippen LogP contribution in [0.4, 0.5) is 0 Å². The summed E-state index contributed by atoms with van der Waals surface area (Å²) in [6, 6.07) is 0. The van der Waals surface area contributed by atoms with Gasteiger partial charge in [-0.25, -0.2) is 0 Å². The van der Waals surface area contributed by atoms with Crippen LogP contribution in [0.1, 0.15) is 0 Å². The maximum absolute atomic E-state index is 9.36. The van der Waals surface area contributed by atoms with Gasteiger partial charge in [-0.1, -0.05) is 6.58 Å². The quantitative estimate of drug-likeness (QED) is 0.430. The molecule has 0 aromatic rings. The van der Waals surface area contributed by atoms with Gasteiger partial charge in [-0.2, -0.15) is 0 Å². The summed E-state index contributed by atoms with van der Waals surface area (Å²) < 4.78 is 0. The van der Waals surface area contributed by atoms with E-state index in [2.05, 4.69) is 11.9 Å². The lowest BCUT2D eigenvalue weighted by atomic mass is 10.8. The molecular weight excluding hydrogens is 80.0 g/mol. The second-order valence-electron chi connectivity index (χ2n) is 0.787. The number of carbonyl (C=O) groups excluding carboxylic acids is 1. The lowest BCUT2D eigenvalue weighted by molar-refractivity contribution is -0.108. The molecular formula is C3H6N2O. The van der Waals surface area contributed by atoms with Gasteiger partial charge in [0.15, 0.2) is 0 Å². The summed E-state index contributed by atoms with van der Waals surface area (Å²) in [5.41, 5.74) is 4.87. The third kappa shape index (κ3) is 3.01. The summed E-state index contributed by atoms with van der Waals surface area (Å²) in [7, 11) is 0. The molecule has 0 saturated carbocycles. The van der Waals surface area contributed by atoms with E-state index >= 15 is 0 Å². The van der Waals surface area contributed by atoms with Crippen molar-refractivity contribution < 1.29 is 4.79 Å². The van der Waals surface area contributed by atoms with Crippen LogP contribution in [0.15, 0.2) is 12.4 Å². The molecule has 0 unspecified atom stereocenters. The number of nitrogens with two attached hydrogens (primary N) is 1. The second-order valence-corrected chi connectivity index (χ2v) is 0.787. The third-order valence-electron chi connectivity index (χ3n) is 0.244. The summed E-state index contributed by atoms with van der Waals surface area (Å²) >= 11 is 0. The molecule has 0 atom stereocenters. The first-order valence-corrected chi connectivity index (χ1v) is 1.42. The summed E-state index contributed by atoms with van der Waals surface area (Å²) in [6.45, 7) is 3.18. The topological polar surface area (TPSA) is 55.1 Å². The van der Waals surface area contributed by atoms with Gasteiger partial charge >= 0.3 is 0 Å². The van der Waals surface area contributed by atoms with E-state index in [9.17, 15) is 4.79 Å². The molecule has 3 N–H and O–H groups in total. The van der Waals surface area contributed by atoms with E-state index in [1.54, 1.807) is 0 Å². The number of nitrogens with one attached hydrogen (secondary N) is 1. The number of rotatable bonds is 2. The average molecular weight is 86.1 g/mol. The third-order valence-corrected chi connectivity index (χ3v) is 0.244. The van der Waals surface area contributed by atoms with Gasteiger partial charge in [0.2, 0.25) is 6.41 Å². The highest BCUT2D eigenvalue weighted by Gasteiger charge is 1.70. The molecule has 1 amide bonds. The Morgan fingerprint density at radius 3 is 2.50 bits per heavy atom. The van der Waals surface area contributed by atoms with Gasteiger partial charge in [-0.3, -0.25) is 4.79 Å². The maximum Gasteiger partial charge on any atom is 0.212 e. The Balaban J connectivity index is 3.05. The highest BCUT2D eigenvalue weighted by molar-refractivity contribution is 5.48. The van der Waals surface area contributed by atoms with Gasteiger partial charge in [0.05, 0.1) is 5.82 Å². The normalized spacial score (nSPS) is 6.67. The van der Waals surface area contributed by atoms with Crippen LogP contribution in [-0.2, 0) is 4.79 Å². The molecule has 0 fully saturated rings. The molecule has 0 aliphatic carbocycles. The zero-order valence-electron chi connectivity index (χ0n) is 3.27. The summed E-state index contributed by atoms with van der Waals surface area (Å²) in [5, 5.41) is 2.11. The van der Waals surface area contributed by atoms with Crippen LogP contribution in [0, 0.1) is 0 Å². The van der Waals surface area contributed by atoms with Crippen LogP contribution in [0.3, 0.4) is 0 Å². The van der Waals surface area contributed by atoms with Crippen LogP contribution in [0.25, 0.3) is 0 Å². The smallest absolute Gasteiger partial charge is 0.212 e. The lowest BCUT2D eigenvalue weighted by Gasteiger charge is -1.87. The lowest BCUT2D eigenvalue weighted by Crippen LogP contribution is -2.15. The van der Waals surface area contributed by atoms with Crippen LogP contribution >= 0.6 is 0 Å². The molecule has 0 aromatic heterocycles. The molecule has 3 nitrogen and oxygen atoms in total. The molecule has 0 saturated heterocycles. The van der Waals surface area contributed by atoms with E-state index in [4.69, 9.17) is 5.73 Å². The summed E-state index contributed by atoms with van der Waals surface area (Å²) in [6.07, 6.45) is 0.475. The molecule has 0 rings (SSSR count). The zero-order chi connectivity index (χ0) is 4.99. The van der Waals surface area contributed by atoms with Gasteiger partial charge in [-0.15, -0.1) is 0 Å².